The van der Waals surface area contributed by atoms with E-state index in [1.54, 1.807) is 11.8 Å². The molecule has 0 aliphatic carbocycles. The normalized spacial score (nSPS) is 14.1. The molecule has 0 aromatic carbocycles. The van der Waals surface area contributed by atoms with Gasteiger partial charge in [-0.2, -0.15) is 5.26 Å². The van der Waals surface area contributed by atoms with E-state index in [1.165, 1.54) is 0 Å². The van der Waals surface area contributed by atoms with Crippen molar-refractivity contribution in [2.45, 2.75) is 56.6 Å². The maximum Gasteiger partial charge on any atom is 0.104 e. The molecule has 3 nitrogen and oxygen atoms in total. The van der Waals surface area contributed by atoms with Gasteiger partial charge in [0.1, 0.15) is 5.54 Å². The Morgan fingerprint density at radius 3 is 2.79 bits per heavy atom. The Bertz CT molecular complexity index is 400. The average molecular weight is 277 g/mol. The van der Waals surface area contributed by atoms with Crippen molar-refractivity contribution in [2.75, 3.05) is 5.75 Å². The molecule has 1 unspecified atom stereocenters. The maximum absolute atomic E-state index is 9.24. The fraction of sp³-hybridized carbons (Fsp3) is 0.600. The molecule has 0 saturated heterocycles. The zero-order valence-corrected chi connectivity index (χ0v) is 12.8. The Labute approximate surface area is 120 Å². The fourth-order valence-corrected chi connectivity index (χ4v) is 2.86. The van der Waals surface area contributed by atoms with Gasteiger partial charge in [0.15, 0.2) is 0 Å². The van der Waals surface area contributed by atoms with Crippen molar-refractivity contribution in [1.82, 2.24) is 10.3 Å². The van der Waals surface area contributed by atoms with Crippen molar-refractivity contribution in [1.29, 1.82) is 5.26 Å². The average Bonchev–Trinajstić information content (AvgIpc) is 2.39. The lowest BCUT2D eigenvalue weighted by Gasteiger charge is -2.25. The Morgan fingerprint density at radius 2 is 2.21 bits per heavy atom. The summed E-state index contributed by atoms with van der Waals surface area (Å²) >= 11 is 1.78. The second kappa shape index (κ2) is 8.19. The van der Waals surface area contributed by atoms with E-state index in [9.17, 15) is 5.26 Å². The van der Waals surface area contributed by atoms with Crippen LogP contribution in [0.15, 0.2) is 29.4 Å². The molecular formula is C15H23N3S. The number of rotatable bonds is 8. The van der Waals surface area contributed by atoms with Gasteiger partial charge in [-0.1, -0.05) is 6.07 Å². The van der Waals surface area contributed by atoms with Gasteiger partial charge in [0, 0.05) is 12.2 Å². The minimum atomic E-state index is -0.399. The number of nitrogens with one attached hydrogen (secondary N) is 1. The second-order valence-corrected chi connectivity index (χ2v) is 6.33. The van der Waals surface area contributed by atoms with Gasteiger partial charge in [0.2, 0.25) is 0 Å². The molecule has 1 rings (SSSR count). The molecule has 1 aromatic heterocycles. The number of hydrogen-bond acceptors (Lipinski definition) is 4. The zero-order valence-electron chi connectivity index (χ0n) is 12.0. The van der Waals surface area contributed by atoms with E-state index in [4.69, 9.17) is 0 Å². The Kier molecular flexibility index (Phi) is 6.90. The van der Waals surface area contributed by atoms with Gasteiger partial charge in [-0.3, -0.25) is 5.32 Å². The first-order valence-corrected chi connectivity index (χ1v) is 7.77. The molecule has 1 atom stereocenters. The van der Waals surface area contributed by atoms with Crippen LogP contribution in [-0.4, -0.2) is 22.3 Å². The Hall–Kier alpha value is -1.05. The van der Waals surface area contributed by atoms with Crippen LogP contribution in [0.25, 0.3) is 0 Å². The van der Waals surface area contributed by atoms with Gasteiger partial charge >= 0.3 is 0 Å². The molecule has 1 heterocycles. The van der Waals surface area contributed by atoms with Crippen molar-refractivity contribution in [3.63, 3.8) is 0 Å². The van der Waals surface area contributed by atoms with Gasteiger partial charge in [0.05, 0.1) is 11.1 Å². The summed E-state index contributed by atoms with van der Waals surface area (Å²) in [7, 11) is 0. The Morgan fingerprint density at radius 1 is 1.42 bits per heavy atom. The minimum absolute atomic E-state index is 0.340. The molecule has 4 heteroatoms. The quantitative estimate of drug-likeness (QED) is 0.582. The summed E-state index contributed by atoms with van der Waals surface area (Å²) in [6, 6.07) is 8.70. The molecule has 0 fully saturated rings. The van der Waals surface area contributed by atoms with Crippen LogP contribution in [0.1, 0.15) is 40.0 Å². The van der Waals surface area contributed by atoms with Gasteiger partial charge in [-0.25, -0.2) is 4.98 Å². The molecular weight excluding hydrogens is 254 g/mol. The summed E-state index contributed by atoms with van der Waals surface area (Å²) in [4.78, 5) is 4.28. The van der Waals surface area contributed by atoms with E-state index >= 15 is 0 Å². The van der Waals surface area contributed by atoms with Crippen LogP contribution in [0.3, 0.4) is 0 Å². The highest BCUT2D eigenvalue weighted by molar-refractivity contribution is 7.99. The van der Waals surface area contributed by atoms with Crippen LogP contribution in [0.2, 0.25) is 0 Å². The van der Waals surface area contributed by atoms with Crippen molar-refractivity contribution in [3.8, 4) is 6.07 Å². The van der Waals surface area contributed by atoms with Gasteiger partial charge in [0.25, 0.3) is 0 Å². The van der Waals surface area contributed by atoms with Gasteiger partial charge < -0.3 is 0 Å². The number of thioether (sulfide) groups is 1. The lowest BCUT2D eigenvalue weighted by atomic mass is 9.96. The van der Waals surface area contributed by atoms with Gasteiger partial charge in [-0.05, 0) is 57.9 Å². The monoisotopic (exact) mass is 277 g/mol. The van der Waals surface area contributed by atoms with Crippen LogP contribution < -0.4 is 5.32 Å². The zero-order chi connectivity index (χ0) is 14.1. The predicted octanol–water partition coefficient (Wildman–Crippen LogP) is 3.62. The first-order chi connectivity index (χ1) is 9.06. The number of nitrogens with zero attached hydrogens (tertiary/aromatic N) is 2. The highest BCUT2D eigenvalue weighted by Gasteiger charge is 2.23. The van der Waals surface area contributed by atoms with Crippen LogP contribution >= 0.6 is 11.8 Å². The standard InChI is InChI=1S/C15H23N3S/c1-13(2)18-15(3,12-16)9-5-7-11-19-14-8-4-6-10-17-14/h4,6,8,10,13,18H,5,7,9,11H2,1-3H3. The molecule has 19 heavy (non-hydrogen) atoms. The van der Waals surface area contributed by atoms with E-state index in [-0.39, 0.29) is 0 Å². The third-order valence-corrected chi connectivity index (χ3v) is 3.84. The summed E-state index contributed by atoms with van der Waals surface area (Å²) in [5.74, 6) is 1.06. The molecule has 1 N–H and O–H groups in total. The summed E-state index contributed by atoms with van der Waals surface area (Å²) < 4.78 is 0. The SMILES string of the molecule is CC(C)NC(C)(C#N)CCCCSc1ccccn1. The largest absolute Gasteiger partial charge is 0.297 e. The third-order valence-electron chi connectivity index (χ3n) is 2.81. The number of hydrogen-bond donors (Lipinski definition) is 1. The predicted molar refractivity (Wildman–Crippen MR) is 81.1 cm³/mol. The lowest BCUT2D eigenvalue weighted by molar-refractivity contribution is 0.372. The highest BCUT2D eigenvalue weighted by Crippen LogP contribution is 2.19. The molecule has 0 aliphatic heterocycles. The minimum Gasteiger partial charge on any atom is -0.297 e. The highest BCUT2D eigenvalue weighted by atomic mass is 32.2. The molecule has 0 saturated carbocycles. The molecule has 0 amide bonds. The number of pyridine rings is 1. The molecule has 0 radical (unpaired) electrons. The first-order valence-electron chi connectivity index (χ1n) is 6.78. The van der Waals surface area contributed by atoms with Crippen LogP contribution in [0.4, 0.5) is 0 Å². The summed E-state index contributed by atoms with van der Waals surface area (Å²) in [6.07, 6.45) is 4.88. The smallest absolute Gasteiger partial charge is 0.104 e. The van der Waals surface area contributed by atoms with E-state index in [0.29, 0.717) is 6.04 Å². The molecule has 104 valence electrons. The van der Waals surface area contributed by atoms with E-state index < -0.39 is 5.54 Å². The molecule has 0 spiro atoms. The Balaban J connectivity index is 2.21. The van der Waals surface area contributed by atoms with E-state index in [0.717, 1.165) is 30.0 Å². The molecule has 1 aromatic rings. The topological polar surface area (TPSA) is 48.7 Å². The second-order valence-electron chi connectivity index (χ2n) is 5.22. The summed E-state index contributed by atoms with van der Waals surface area (Å²) in [6.45, 7) is 6.14. The van der Waals surface area contributed by atoms with Crippen molar-refractivity contribution in [2.24, 2.45) is 0 Å². The maximum atomic E-state index is 9.24. The fourth-order valence-electron chi connectivity index (χ4n) is 1.99. The van der Waals surface area contributed by atoms with Crippen LogP contribution in [0.5, 0.6) is 0 Å². The number of unbranched alkanes of at least 4 members (excludes halogenated alkanes) is 1. The molecule has 0 aliphatic rings. The van der Waals surface area contributed by atoms with Crippen LogP contribution in [-0.2, 0) is 0 Å². The van der Waals surface area contributed by atoms with Crippen LogP contribution in [0, 0.1) is 11.3 Å². The van der Waals surface area contributed by atoms with Gasteiger partial charge in [-0.15, -0.1) is 11.8 Å². The van der Waals surface area contributed by atoms with Crippen molar-refractivity contribution in [3.05, 3.63) is 24.4 Å². The van der Waals surface area contributed by atoms with Crippen molar-refractivity contribution >= 4 is 11.8 Å². The van der Waals surface area contributed by atoms with E-state index in [2.05, 4.69) is 30.2 Å². The summed E-state index contributed by atoms with van der Waals surface area (Å²) in [5, 5.41) is 13.7. The number of nitriles is 1. The van der Waals surface area contributed by atoms with E-state index in [1.807, 2.05) is 31.3 Å². The lowest BCUT2D eigenvalue weighted by Crippen LogP contribution is -2.44. The number of aromatic nitrogens is 1. The third kappa shape index (κ3) is 6.60. The summed E-state index contributed by atoms with van der Waals surface area (Å²) in [5.41, 5.74) is -0.399. The van der Waals surface area contributed by atoms with Crippen molar-refractivity contribution < 1.29 is 0 Å². The molecule has 0 bridgehead atoms. The first kappa shape index (κ1) is 16.0.